The molecule has 3 aromatic rings. The molecule has 37 heavy (non-hydrogen) atoms. The zero-order valence-corrected chi connectivity index (χ0v) is 19.3. The van der Waals surface area contributed by atoms with Gasteiger partial charge >= 0.3 is 18.2 Å². The van der Waals surface area contributed by atoms with Crippen molar-refractivity contribution < 1.29 is 41.7 Å². The number of anilines is 1. The lowest BCUT2D eigenvalue weighted by Crippen LogP contribution is -2.49. The fourth-order valence-corrected chi connectivity index (χ4v) is 3.11. The van der Waals surface area contributed by atoms with Crippen molar-refractivity contribution in [3.8, 4) is 5.88 Å². The van der Waals surface area contributed by atoms with Crippen LogP contribution < -0.4 is 10.1 Å². The Bertz CT molecular complexity index is 1160. The number of benzene rings is 1. The lowest BCUT2D eigenvalue weighted by Gasteiger charge is -2.32. The maximum Gasteiger partial charge on any atom is 0.490 e. The molecule has 1 aliphatic heterocycles. The second-order valence-electron chi connectivity index (χ2n) is 7.70. The predicted molar refractivity (Wildman–Crippen MR) is 121 cm³/mol. The number of nitrogens with one attached hydrogen (secondary N) is 1. The Morgan fingerprint density at radius 2 is 1.92 bits per heavy atom. The lowest BCUT2D eigenvalue weighted by molar-refractivity contribution is -0.192. The number of urea groups is 1. The van der Waals surface area contributed by atoms with Crippen LogP contribution >= 0.6 is 0 Å². The number of carbonyl (C=O) groups is 2. The number of hydrogen-bond acceptors (Lipinski definition) is 6. The van der Waals surface area contributed by atoms with Crippen LogP contribution in [0.5, 0.6) is 5.88 Å². The van der Waals surface area contributed by atoms with Crippen LogP contribution in [-0.4, -0.2) is 75.4 Å². The van der Waals surface area contributed by atoms with Gasteiger partial charge in [-0.25, -0.2) is 19.0 Å². The molecule has 0 spiro atoms. The van der Waals surface area contributed by atoms with Gasteiger partial charge in [-0.2, -0.15) is 18.3 Å². The van der Waals surface area contributed by atoms with Crippen LogP contribution in [0.1, 0.15) is 5.56 Å². The zero-order chi connectivity index (χ0) is 26.8. The third kappa shape index (κ3) is 9.07. The van der Waals surface area contributed by atoms with E-state index in [0.29, 0.717) is 44.4 Å². The number of morpholine rings is 1. The monoisotopic (exact) mass is 525 g/mol. The fourth-order valence-electron chi connectivity index (χ4n) is 3.11. The predicted octanol–water partition coefficient (Wildman–Crippen LogP) is 3.41. The van der Waals surface area contributed by atoms with Crippen LogP contribution in [0.25, 0.3) is 0 Å². The molecule has 0 bridgehead atoms. The maximum absolute atomic E-state index is 13.0. The quantitative estimate of drug-likeness (QED) is 0.474. The van der Waals surface area contributed by atoms with E-state index in [2.05, 4.69) is 15.4 Å². The smallest absolute Gasteiger partial charge is 0.475 e. The van der Waals surface area contributed by atoms with Crippen LogP contribution in [0.4, 0.5) is 28.0 Å². The molecule has 2 amide bonds. The molecule has 0 saturated carbocycles. The van der Waals surface area contributed by atoms with Gasteiger partial charge in [0, 0.05) is 25.0 Å². The van der Waals surface area contributed by atoms with E-state index in [1.807, 2.05) is 12.1 Å². The maximum atomic E-state index is 13.0. The number of ether oxygens (including phenoxy) is 2. The normalized spacial score (nSPS) is 15.4. The minimum atomic E-state index is -5.08. The van der Waals surface area contributed by atoms with E-state index in [1.165, 1.54) is 12.1 Å². The summed E-state index contributed by atoms with van der Waals surface area (Å²) >= 11 is 0. The molecule has 4 rings (SSSR count). The van der Waals surface area contributed by atoms with Crippen molar-refractivity contribution in [2.24, 2.45) is 0 Å². The number of aliphatic carboxylic acids is 1. The Kier molecular flexibility index (Phi) is 9.38. The van der Waals surface area contributed by atoms with E-state index in [9.17, 15) is 22.4 Å². The fraction of sp³-hybridized carbons (Fsp3) is 0.304. The molecule has 14 heteroatoms. The number of aromatic nitrogens is 3. The summed E-state index contributed by atoms with van der Waals surface area (Å²) in [5.41, 5.74) is 1.51. The van der Waals surface area contributed by atoms with Crippen molar-refractivity contribution >= 4 is 17.7 Å². The van der Waals surface area contributed by atoms with Gasteiger partial charge in [0.15, 0.2) is 0 Å². The standard InChI is InChI=1S/C21H22FN5O3.C2HF3O2/c22-17-6-4-16(5-7-17)12-27-13-18(11-24-27)25-21(28)26-9-10-29-19(14-26)15-30-20-3-1-2-8-23-20;3-2(4,5)1(6)7/h1-8,11,13,19H,9-10,12,14-15H2,(H,25,28);(H,6,7). The van der Waals surface area contributed by atoms with Gasteiger partial charge in [-0.3, -0.25) is 4.68 Å². The average molecular weight is 525 g/mol. The number of halogens is 4. The van der Waals surface area contributed by atoms with E-state index in [-0.39, 0.29) is 18.0 Å². The minimum absolute atomic E-state index is 0.220. The molecule has 1 atom stereocenters. The summed E-state index contributed by atoms with van der Waals surface area (Å²) in [6.07, 6.45) is -0.326. The number of nitrogens with zero attached hydrogens (tertiary/aromatic N) is 4. The van der Waals surface area contributed by atoms with E-state index in [4.69, 9.17) is 19.4 Å². The SMILES string of the molecule is O=C(Nc1cnn(Cc2ccc(F)cc2)c1)N1CCOC(COc2ccccn2)C1.O=C(O)C(F)(F)F. The van der Waals surface area contributed by atoms with Crippen molar-refractivity contribution in [3.05, 3.63) is 72.4 Å². The highest BCUT2D eigenvalue weighted by Gasteiger charge is 2.38. The lowest BCUT2D eigenvalue weighted by atomic mass is 10.2. The first-order valence-corrected chi connectivity index (χ1v) is 10.9. The highest BCUT2D eigenvalue weighted by Crippen LogP contribution is 2.14. The average Bonchev–Trinajstić information content (AvgIpc) is 3.31. The Morgan fingerprint density at radius 3 is 2.57 bits per heavy atom. The largest absolute Gasteiger partial charge is 0.490 e. The zero-order valence-electron chi connectivity index (χ0n) is 19.3. The van der Waals surface area contributed by atoms with E-state index in [0.717, 1.165) is 5.56 Å². The Labute approximate surface area is 208 Å². The summed E-state index contributed by atoms with van der Waals surface area (Å²) in [6.45, 7) is 2.16. The van der Waals surface area contributed by atoms with Gasteiger partial charge in [-0.15, -0.1) is 0 Å². The molecule has 1 aromatic carbocycles. The Balaban J connectivity index is 0.000000479. The number of carboxylic acid groups (broad SMARTS) is 1. The topological polar surface area (TPSA) is 119 Å². The molecule has 2 N–H and O–H groups in total. The second-order valence-corrected chi connectivity index (χ2v) is 7.70. The molecule has 1 fully saturated rings. The van der Waals surface area contributed by atoms with Gasteiger partial charge in [0.25, 0.3) is 0 Å². The highest BCUT2D eigenvalue weighted by molar-refractivity contribution is 5.89. The first-order chi connectivity index (χ1) is 17.6. The molecule has 0 aliphatic carbocycles. The number of rotatable bonds is 6. The first kappa shape index (κ1) is 27.4. The number of alkyl halides is 3. The van der Waals surface area contributed by atoms with Crippen molar-refractivity contribution in [1.29, 1.82) is 0 Å². The van der Waals surface area contributed by atoms with Gasteiger partial charge < -0.3 is 24.8 Å². The number of amides is 2. The molecule has 2 aromatic heterocycles. The second kappa shape index (κ2) is 12.7. The molecule has 1 unspecified atom stereocenters. The first-order valence-electron chi connectivity index (χ1n) is 10.9. The Morgan fingerprint density at radius 1 is 1.19 bits per heavy atom. The minimum Gasteiger partial charge on any atom is -0.475 e. The molecular formula is C23H23F4N5O5. The summed E-state index contributed by atoms with van der Waals surface area (Å²) in [5, 5.41) is 14.2. The third-order valence-electron chi connectivity index (χ3n) is 4.87. The molecule has 1 aliphatic rings. The van der Waals surface area contributed by atoms with E-state index in [1.54, 1.807) is 46.4 Å². The molecule has 1 saturated heterocycles. The molecule has 0 radical (unpaired) electrons. The van der Waals surface area contributed by atoms with Gasteiger partial charge in [-0.1, -0.05) is 18.2 Å². The van der Waals surface area contributed by atoms with E-state index >= 15 is 0 Å². The number of carboxylic acids is 1. The van der Waals surface area contributed by atoms with Crippen LogP contribution in [0.3, 0.4) is 0 Å². The molecule has 3 heterocycles. The summed E-state index contributed by atoms with van der Waals surface area (Å²) in [6, 6.07) is 11.4. The van der Waals surface area contributed by atoms with Gasteiger partial charge in [0.2, 0.25) is 5.88 Å². The van der Waals surface area contributed by atoms with Gasteiger partial charge in [0.05, 0.1) is 31.6 Å². The van der Waals surface area contributed by atoms with Gasteiger partial charge in [0.1, 0.15) is 18.5 Å². The van der Waals surface area contributed by atoms with Crippen LogP contribution in [0.15, 0.2) is 61.1 Å². The van der Waals surface area contributed by atoms with Crippen molar-refractivity contribution in [2.75, 3.05) is 31.6 Å². The summed E-state index contributed by atoms with van der Waals surface area (Å²) in [7, 11) is 0. The summed E-state index contributed by atoms with van der Waals surface area (Å²) in [5.74, 6) is -2.51. The van der Waals surface area contributed by atoms with Crippen molar-refractivity contribution in [3.63, 3.8) is 0 Å². The van der Waals surface area contributed by atoms with Crippen LogP contribution in [-0.2, 0) is 16.1 Å². The van der Waals surface area contributed by atoms with Gasteiger partial charge in [-0.05, 0) is 23.8 Å². The van der Waals surface area contributed by atoms with E-state index < -0.39 is 12.1 Å². The molecule has 198 valence electrons. The van der Waals surface area contributed by atoms with Crippen molar-refractivity contribution in [2.45, 2.75) is 18.8 Å². The van der Waals surface area contributed by atoms with Crippen LogP contribution in [0, 0.1) is 5.82 Å². The summed E-state index contributed by atoms with van der Waals surface area (Å²) in [4.78, 5) is 27.3. The molecular weight excluding hydrogens is 502 g/mol. The number of carbonyl (C=O) groups excluding carboxylic acids is 1. The summed E-state index contributed by atoms with van der Waals surface area (Å²) < 4.78 is 57.8. The Hall–Kier alpha value is -4.20. The number of hydrogen-bond donors (Lipinski definition) is 2. The third-order valence-corrected chi connectivity index (χ3v) is 4.87. The highest BCUT2D eigenvalue weighted by atomic mass is 19.4. The van der Waals surface area contributed by atoms with Crippen molar-refractivity contribution in [1.82, 2.24) is 19.7 Å². The molecule has 10 nitrogen and oxygen atoms in total. The number of pyridine rings is 1. The van der Waals surface area contributed by atoms with Crippen LogP contribution in [0.2, 0.25) is 0 Å².